The van der Waals surface area contributed by atoms with Crippen molar-refractivity contribution in [3.8, 4) is 17.2 Å². The van der Waals surface area contributed by atoms with E-state index in [4.69, 9.17) is 30.5 Å². The van der Waals surface area contributed by atoms with E-state index in [0.717, 1.165) is 5.56 Å². The van der Waals surface area contributed by atoms with Gasteiger partial charge in [0.1, 0.15) is 6.61 Å². The van der Waals surface area contributed by atoms with Crippen molar-refractivity contribution in [2.75, 3.05) is 32.8 Å². The highest BCUT2D eigenvalue weighted by Crippen LogP contribution is 2.46. The van der Waals surface area contributed by atoms with Crippen LogP contribution in [0.2, 0.25) is 5.02 Å². The first kappa shape index (κ1) is 21.1. The van der Waals surface area contributed by atoms with Gasteiger partial charge in [0.25, 0.3) is 0 Å². The summed E-state index contributed by atoms with van der Waals surface area (Å²) in [6.45, 7) is 1.91. The number of hydrogen-bond donors (Lipinski definition) is 0. The number of carbonyl (C=O) groups is 2. The Bertz CT molecular complexity index is 1080. The molecule has 1 atom stereocenters. The van der Waals surface area contributed by atoms with Crippen LogP contribution in [0.4, 0.5) is 5.69 Å². The monoisotopic (exact) mass is 443 g/mol. The van der Waals surface area contributed by atoms with Gasteiger partial charge in [0.15, 0.2) is 11.5 Å². The number of nitrogens with zero attached hydrogens (tertiary/aromatic N) is 1. The molecule has 0 bridgehead atoms. The zero-order chi connectivity index (χ0) is 22.3. The van der Waals surface area contributed by atoms with E-state index < -0.39 is 11.9 Å². The number of esters is 1. The molecule has 8 heteroatoms. The third kappa shape index (κ3) is 3.49. The van der Waals surface area contributed by atoms with Gasteiger partial charge < -0.3 is 18.9 Å². The van der Waals surface area contributed by atoms with E-state index in [9.17, 15) is 9.59 Å². The van der Waals surface area contributed by atoms with Gasteiger partial charge in [-0.1, -0.05) is 17.7 Å². The predicted octanol–water partition coefficient (Wildman–Crippen LogP) is 4.01. The molecule has 2 aliphatic heterocycles. The first-order chi connectivity index (χ1) is 14.9. The Morgan fingerprint density at radius 1 is 1.03 bits per heavy atom. The Hall–Kier alpha value is -3.19. The summed E-state index contributed by atoms with van der Waals surface area (Å²) in [6, 6.07) is 8.89. The number of amides is 1. The van der Waals surface area contributed by atoms with Gasteiger partial charge in [0.05, 0.1) is 38.3 Å². The molecule has 0 aromatic heterocycles. The molecule has 4 rings (SSSR count). The molecule has 162 valence electrons. The summed E-state index contributed by atoms with van der Waals surface area (Å²) >= 11 is 6.28. The molecule has 0 aliphatic carbocycles. The van der Waals surface area contributed by atoms with Gasteiger partial charge in [-0.25, -0.2) is 4.79 Å². The molecule has 0 spiro atoms. The Morgan fingerprint density at radius 2 is 1.71 bits per heavy atom. The fraction of sp³-hybridized carbons (Fsp3) is 0.304. The van der Waals surface area contributed by atoms with Crippen molar-refractivity contribution in [2.24, 2.45) is 0 Å². The van der Waals surface area contributed by atoms with E-state index in [0.29, 0.717) is 44.8 Å². The highest BCUT2D eigenvalue weighted by molar-refractivity contribution is 6.31. The van der Waals surface area contributed by atoms with Crippen molar-refractivity contribution in [3.05, 3.63) is 57.8 Å². The first-order valence-electron chi connectivity index (χ1n) is 9.68. The van der Waals surface area contributed by atoms with E-state index in [1.54, 1.807) is 18.2 Å². The van der Waals surface area contributed by atoms with Crippen LogP contribution < -0.4 is 19.1 Å². The zero-order valence-electron chi connectivity index (χ0n) is 17.7. The Kier molecular flexibility index (Phi) is 5.54. The highest BCUT2D eigenvalue weighted by atomic mass is 35.5. The number of benzene rings is 2. The molecule has 2 aromatic rings. The second-order valence-corrected chi connectivity index (χ2v) is 7.72. The smallest absolute Gasteiger partial charge is 0.336 e. The fourth-order valence-electron chi connectivity index (χ4n) is 4.06. The molecule has 7 nitrogen and oxygen atoms in total. The van der Waals surface area contributed by atoms with Crippen LogP contribution in [-0.4, -0.2) is 39.8 Å². The third-order valence-electron chi connectivity index (χ3n) is 5.62. The first-order valence-corrected chi connectivity index (χ1v) is 10.1. The topological polar surface area (TPSA) is 74.3 Å². The van der Waals surface area contributed by atoms with Crippen LogP contribution >= 0.6 is 11.6 Å². The van der Waals surface area contributed by atoms with Gasteiger partial charge in [0.2, 0.25) is 11.7 Å². The lowest BCUT2D eigenvalue weighted by Crippen LogP contribution is -2.37. The maximum absolute atomic E-state index is 13.3. The van der Waals surface area contributed by atoms with Crippen molar-refractivity contribution in [3.63, 3.8) is 0 Å². The van der Waals surface area contributed by atoms with Gasteiger partial charge in [-0.05, 0) is 42.3 Å². The summed E-state index contributed by atoms with van der Waals surface area (Å²) < 4.78 is 21.6. The van der Waals surface area contributed by atoms with Crippen molar-refractivity contribution in [2.45, 2.75) is 19.3 Å². The largest absolute Gasteiger partial charge is 0.493 e. The predicted molar refractivity (Wildman–Crippen MR) is 115 cm³/mol. The molecule has 0 N–H and O–H groups in total. The molecule has 2 aromatic carbocycles. The number of cyclic esters (lactones) is 1. The number of methoxy groups -OCH3 is 3. The average Bonchev–Trinajstić information content (AvgIpc) is 3.15. The minimum absolute atomic E-state index is 0.0202. The van der Waals surface area contributed by atoms with Crippen molar-refractivity contribution < 1.29 is 28.5 Å². The Labute approximate surface area is 185 Å². The summed E-state index contributed by atoms with van der Waals surface area (Å²) in [7, 11) is 4.55. The summed E-state index contributed by atoms with van der Waals surface area (Å²) in [5, 5.41) is 0.546. The maximum Gasteiger partial charge on any atom is 0.336 e. The zero-order valence-corrected chi connectivity index (χ0v) is 18.4. The van der Waals surface area contributed by atoms with Crippen LogP contribution in [0.3, 0.4) is 0 Å². The minimum atomic E-state index is -0.497. The normalized spacial score (nSPS) is 18.1. The molecule has 2 aliphatic rings. The Balaban J connectivity index is 1.85. The van der Waals surface area contributed by atoms with Crippen LogP contribution in [0.15, 0.2) is 41.6 Å². The lowest BCUT2D eigenvalue weighted by atomic mass is 9.83. The van der Waals surface area contributed by atoms with Crippen molar-refractivity contribution in [1.29, 1.82) is 0 Å². The molecular formula is C23H22ClNO6. The van der Waals surface area contributed by atoms with E-state index in [1.165, 1.54) is 26.2 Å². The second-order valence-electron chi connectivity index (χ2n) is 7.31. The molecule has 31 heavy (non-hydrogen) atoms. The summed E-state index contributed by atoms with van der Waals surface area (Å²) in [4.78, 5) is 27.5. The molecule has 1 amide bonds. The number of rotatable bonds is 5. The van der Waals surface area contributed by atoms with E-state index in [1.807, 2.05) is 19.1 Å². The average molecular weight is 444 g/mol. The molecule has 0 fully saturated rings. The standard InChI is InChI=1S/C23H22ClNO6/c1-12-5-6-14(9-16(12)24)25-17-11-31-23(27)21(17)15(10-20(25)26)13-7-18(28-2)22(30-4)19(8-13)29-3/h5-9,15H,10-11H2,1-4H3/t15-/m1/s1. The van der Waals surface area contributed by atoms with Gasteiger partial charge in [-0.15, -0.1) is 0 Å². The van der Waals surface area contributed by atoms with E-state index >= 15 is 0 Å². The number of carbonyl (C=O) groups excluding carboxylic acids is 2. The maximum atomic E-state index is 13.3. The lowest BCUT2D eigenvalue weighted by molar-refractivity contribution is -0.136. The van der Waals surface area contributed by atoms with Crippen LogP contribution in [0, 0.1) is 6.92 Å². The molecule has 0 saturated heterocycles. The van der Waals surface area contributed by atoms with Crippen LogP contribution in [0.25, 0.3) is 0 Å². The van der Waals surface area contributed by atoms with Crippen molar-refractivity contribution in [1.82, 2.24) is 0 Å². The van der Waals surface area contributed by atoms with E-state index in [-0.39, 0.29) is 18.9 Å². The van der Waals surface area contributed by atoms with Crippen LogP contribution in [0.5, 0.6) is 17.2 Å². The lowest BCUT2D eigenvalue weighted by Gasteiger charge is -2.32. The highest BCUT2D eigenvalue weighted by Gasteiger charge is 2.43. The van der Waals surface area contributed by atoms with Gasteiger partial charge in [-0.3, -0.25) is 9.69 Å². The molecule has 2 heterocycles. The Morgan fingerprint density at radius 3 is 2.29 bits per heavy atom. The molecule has 0 radical (unpaired) electrons. The van der Waals surface area contributed by atoms with Gasteiger partial charge in [-0.2, -0.15) is 0 Å². The van der Waals surface area contributed by atoms with Gasteiger partial charge >= 0.3 is 5.97 Å². The number of halogens is 1. The van der Waals surface area contributed by atoms with Gasteiger partial charge in [0, 0.05) is 17.4 Å². The SMILES string of the molecule is COc1cc([C@H]2CC(=O)N(c3ccc(C)c(Cl)c3)C3=C2C(=O)OC3)cc(OC)c1OC. The number of aryl methyl sites for hydroxylation is 1. The quantitative estimate of drug-likeness (QED) is 0.650. The van der Waals surface area contributed by atoms with Crippen molar-refractivity contribution >= 4 is 29.2 Å². The number of ether oxygens (including phenoxy) is 4. The summed E-state index contributed by atoms with van der Waals surface area (Å²) in [6.07, 6.45) is 0.0814. The molecular weight excluding hydrogens is 422 g/mol. The number of anilines is 1. The minimum Gasteiger partial charge on any atom is -0.493 e. The van der Waals surface area contributed by atoms with E-state index in [2.05, 4.69) is 0 Å². The van der Waals surface area contributed by atoms with Crippen LogP contribution in [-0.2, 0) is 14.3 Å². The molecule has 0 saturated carbocycles. The summed E-state index contributed by atoms with van der Waals surface area (Å²) in [5.74, 6) is 0.245. The van der Waals surface area contributed by atoms with Crippen LogP contribution in [0.1, 0.15) is 23.5 Å². The second kappa shape index (κ2) is 8.15. The fourth-order valence-corrected chi connectivity index (χ4v) is 4.24. The summed E-state index contributed by atoms with van der Waals surface area (Å²) in [5.41, 5.74) is 3.19. The molecule has 0 unspecified atom stereocenters. The number of hydrogen-bond acceptors (Lipinski definition) is 6. The third-order valence-corrected chi connectivity index (χ3v) is 6.03.